The van der Waals surface area contributed by atoms with E-state index in [0.717, 1.165) is 0 Å². The summed E-state index contributed by atoms with van der Waals surface area (Å²) in [6, 6.07) is 0. The molecule has 0 radical (unpaired) electrons. The molecule has 0 aliphatic heterocycles. The first-order valence-electron chi connectivity index (χ1n) is 2.95. The second-order valence-corrected chi connectivity index (χ2v) is 3.88. The molecule has 0 aliphatic carbocycles. The summed E-state index contributed by atoms with van der Waals surface area (Å²) in [6.45, 7) is 3.37. The number of allylic oxidation sites excluding steroid dienone is 1. The molecule has 1 unspecified atom stereocenters. The number of nitrogens with zero attached hydrogens (tertiary/aromatic N) is 1. The Morgan fingerprint density at radius 3 is 2.60 bits per heavy atom. The van der Waals surface area contributed by atoms with Crippen LogP contribution in [0.4, 0.5) is 0 Å². The predicted octanol–water partition coefficient (Wildman–Crippen LogP) is 2.34. The van der Waals surface area contributed by atoms with Crippen LogP contribution in [0.15, 0.2) is 12.2 Å². The van der Waals surface area contributed by atoms with E-state index in [1.807, 2.05) is 6.92 Å². The molecule has 0 heterocycles. The molecule has 3 nitrogen and oxygen atoms in total. The predicted molar refractivity (Wildman–Crippen MR) is 43.8 cm³/mol. The molecule has 0 bridgehead atoms. The summed E-state index contributed by atoms with van der Waals surface area (Å²) >= 11 is 3.00. The van der Waals surface area contributed by atoms with Crippen LogP contribution in [0.5, 0.6) is 0 Å². The van der Waals surface area contributed by atoms with E-state index in [1.165, 1.54) is 6.92 Å². The lowest BCUT2D eigenvalue weighted by Gasteiger charge is -2.09. The van der Waals surface area contributed by atoms with Crippen molar-refractivity contribution in [3.05, 3.63) is 22.3 Å². The van der Waals surface area contributed by atoms with Gasteiger partial charge in [0.05, 0.1) is 0 Å². The van der Waals surface area contributed by atoms with Gasteiger partial charge in [0.15, 0.2) is 0 Å². The summed E-state index contributed by atoms with van der Waals surface area (Å²) in [5, 5.41) is 10.3. The first-order valence-corrected chi connectivity index (χ1v) is 3.74. The van der Waals surface area contributed by atoms with Gasteiger partial charge in [-0.3, -0.25) is 10.1 Å². The summed E-state index contributed by atoms with van der Waals surface area (Å²) in [5.41, 5.74) is 0. The van der Waals surface area contributed by atoms with Gasteiger partial charge in [-0.05, 0) is 6.92 Å². The van der Waals surface area contributed by atoms with Crippen LogP contribution >= 0.6 is 15.9 Å². The van der Waals surface area contributed by atoms with Gasteiger partial charge in [-0.2, -0.15) is 0 Å². The van der Waals surface area contributed by atoms with E-state index in [2.05, 4.69) is 15.9 Å². The highest BCUT2D eigenvalue weighted by molar-refractivity contribution is 9.10. The second kappa shape index (κ2) is 3.71. The number of hydrogen-bond donors (Lipinski definition) is 0. The molecule has 0 aromatic rings. The summed E-state index contributed by atoms with van der Waals surface area (Å²) in [6.07, 6.45) is 3.97. The molecule has 58 valence electrons. The standard InChI is InChI=1S/C6H10BrNO2/c1-3-4-5-6(2,7)8(9)10/h3-4H,5H2,1-2H3/b4-3+. The van der Waals surface area contributed by atoms with Gasteiger partial charge in [-0.1, -0.05) is 12.2 Å². The average molecular weight is 208 g/mol. The number of rotatable bonds is 3. The number of alkyl halides is 1. The van der Waals surface area contributed by atoms with E-state index in [-0.39, 0.29) is 4.92 Å². The maximum Gasteiger partial charge on any atom is 0.275 e. The summed E-state index contributed by atoms with van der Waals surface area (Å²) in [4.78, 5) is 9.91. The molecular formula is C6H10BrNO2. The first kappa shape index (κ1) is 9.62. The fraction of sp³-hybridized carbons (Fsp3) is 0.667. The molecule has 10 heavy (non-hydrogen) atoms. The van der Waals surface area contributed by atoms with Crippen molar-refractivity contribution in [3.8, 4) is 0 Å². The van der Waals surface area contributed by atoms with E-state index in [0.29, 0.717) is 6.42 Å². The largest absolute Gasteiger partial charge is 0.275 e. The molecule has 0 spiro atoms. The summed E-state index contributed by atoms with van der Waals surface area (Å²) in [5.74, 6) is 0. The Bertz CT molecular complexity index is 154. The fourth-order valence-electron chi connectivity index (χ4n) is 0.407. The molecule has 0 aromatic heterocycles. The van der Waals surface area contributed by atoms with Gasteiger partial charge >= 0.3 is 0 Å². The maximum absolute atomic E-state index is 10.3. The highest BCUT2D eigenvalue weighted by Crippen LogP contribution is 2.22. The van der Waals surface area contributed by atoms with Gasteiger partial charge in [0, 0.05) is 34.2 Å². The van der Waals surface area contributed by atoms with E-state index < -0.39 is 4.45 Å². The highest BCUT2D eigenvalue weighted by Gasteiger charge is 2.31. The van der Waals surface area contributed by atoms with Gasteiger partial charge in [0.2, 0.25) is 0 Å². The first-order chi connectivity index (χ1) is 4.50. The average Bonchev–Trinajstić information content (AvgIpc) is 1.84. The zero-order valence-electron chi connectivity index (χ0n) is 6.00. The Morgan fingerprint density at radius 2 is 2.30 bits per heavy atom. The smallest absolute Gasteiger partial charge is 0.263 e. The topological polar surface area (TPSA) is 43.1 Å². The van der Waals surface area contributed by atoms with Crippen LogP contribution in [-0.4, -0.2) is 9.37 Å². The van der Waals surface area contributed by atoms with Crippen LogP contribution in [0.2, 0.25) is 0 Å². The van der Waals surface area contributed by atoms with Gasteiger partial charge in [0.25, 0.3) is 4.45 Å². The van der Waals surface area contributed by atoms with Crippen LogP contribution in [0.1, 0.15) is 20.3 Å². The van der Waals surface area contributed by atoms with Gasteiger partial charge in [-0.25, -0.2) is 0 Å². The SMILES string of the molecule is C/C=C/CC(C)(Br)[N+](=O)[O-]. The van der Waals surface area contributed by atoms with Gasteiger partial charge < -0.3 is 0 Å². The third-order valence-corrected chi connectivity index (χ3v) is 1.72. The zero-order chi connectivity index (χ0) is 8.20. The van der Waals surface area contributed by atoms with Crippen molar-refractivity contribution >= 4 is 15.9 Å². The second-order valence-electron chi connectivity index (χ2n) is 2.17. The number of hydrogen-bond acceptors (Lipinski definition) is 2. The van der Waals surface area contributed by atoms with Crippen molar-refractivity contribution in [2.24, 2.45) is 0 Å². The van der Waals surface area contributed by atoms with Crippen LogP contribution in [-0.2, 0) is 0 Å². The Morgan fingerprint density at radius 1 is 1.80 bits per heavy atom. The van der Waals surface area contributed by atoms with Crippen molar-refractivity contribution in [1.82, 2.24) is 0 Å². The van der Waals surface area contributed by atoms with E-state index in [9.17, 15) is 10.1 Å². The summed E-state index contributed by atoms with van der Waals surface area (Å²) < 4.78 is -1.00. The maximum atomic E-state index is 10.3. The quantitative estimate of drug-likeness (QED) is 0.235. The molecule has 0 N–H and O–H groups in total. The minimum absolute atomic E-state index is 0.340. The minimum Gasteiger partial charge on any atom is -0.263 e. The molecule has 0 saturated heterocycles. The molecule has 0 aliphatic rings. The molecular weight excluding hydrogens is 198 g/mol. The van der Waals surface area contributed by atoms with Crippen molar-refractivity contribution in [2.45, 2.75) is 24.7 Å². The van der Waals surface area contributed by atoms with Crippen LogP contribution in [0.25, 0.3) is 0 Å². The van der Waals surface area contributed by atoms with Crippen molar-refractivity contribution in [3.63, 3.8) is 0 Å². The molecule has 0 amide bonds. The summed E-state index contributed by atoms with van der Waals surface area (Å²) in [7, 11) is 0. The highest BCUT2D eigenvalue weighted by atomic mass is 79.9. The normalized spacial score (nSPS) is 17.1. The van der Waals surface area contributed by atoms with Gasteiger partial charge in [0.1, 0.15) is 0 Å². The molecule has 0 fully saturated rings. The fourth-order valence-corrected chi connectivity index (χ4v) is 0.594. The van der Waals surface area contributed by atoms with Crippen molar-refractivity contribution in [1.29, 1.82) is 0 Å². The zero-order valence-corrected chi connectivity index (χ0v) is 7.59. The minimum atomic E-state index is -1.00. The van der Waals surface area contributed by atoms with Crippen LogP contribution in [0.3, 0.4) is 0 Å². The van der Waals surface area contributed by atoms with Gasteiger partial charge in [-0.15, -0.1) is 0 Å². The molecule has 0 aromatic carbocycles. The third-order valence-electron chi connectivity index (χ3n) is 1.11. The molecule has 4 heteroatoms. The lowest BCUT2D eigenvalue weighted by molar-refractivity contribution is -0.529. The van der Waals surface area contributed by atoms with Crippen molar-refractivity contribution < 1.29 is 4.92 Å². The Kier molecular flexibility index (Phi) is 3.57. The van der Waals surface area contributed by atoms with E-state index in [4.69, 9.17) is 0 Å². The molecule has 1 atom stereocenters. The van der Waals surface area contributed by atoms with Crippen LogP contribution in [0, 0.1) is 10.1 Å². The Hall–Kier alpha value is -0.380. The van der Waals surface area contributed by atoms with Crippen LogP contribution < -0.4 is 0 Å². The lowest BCUT2D eigenvalue weighted by atomic mass is 10.2. The Labute approximate surface area is 68.4 Å². The van der Waals surface area contributed by atoms with Crippen molar-refractivity contribution in [2.75, 3.05) is 0 Å². The monoisotopic (exact) mass is 207 g/mol. The Balaban J connectivity index is 3.99. The van der Waals surface area contributed by atoms with E-state index in [1.54, 1.807) is 12.2 Å². The lowest BCUT2D eigenvalue weighted by Crippen LogP contribution is -2.25. The third kappa shape index (κ3) is 2.96. The molecule has 0 saturated carbocycles. The molecule has 0 rings (SSSR count). The number of halogens is 1. The number of nitro groups is 1. The van der Waals surface area contributed by atoms with E-state index >= 15 is 0 Å².